The number of hydrogen-bond acceptors (Lipinski definition) is 8. The van der Waals surface area contributed by atoms with Crippen molar-refractivity contribution in [3.8, 4) is 0 Å². The number of rotatable bonds is 8. The van der Waals surface area contributed by atoms with Gasteiger partial charge >= 0.3 is 23.9 Å². The topological polar surface area (TPSA) is 173 Å². The number of carbonyl (C=O) groups is 4. The highest BCUT2D eigenvalue weighted by Crippen LogP contribution is 2.47. The van der Waals surface area contributed by atoms with E-state index in [-0.39, 0.29) is 29.5 Å². The second-order valence-electron chi connectivity index (χ2n) is 10.0. The van der Waals surface area contributed by atoms with Crippen molar-refractivity contribution in [1.82, 2.24) is 0 Å². The van der Waals surface area contributed by atoms with Crippen molar-refractivity contribution < 1.29 is 44.0 Å². The number of nitrogens with two attached hydrogens (primary N) is 1. The highest BCUT2D eigenvalue weighted by Gasteiger charge is 2.71. The Bertz CT molecular complexity index is 1510. The van der Waals surface area contributed by atoms with Crippen LogP contribution in [0.2, 0.25) is 0 Å². The zero-order valence-electron chi connectivity index (χ0n) is 22.2. The van der Waals surface area contributed by atoms with E-state index in [1.807, 2.05) is 0 Å². The van der Waals surface area contributed by atoms with Crippen LogP contribution in [-0.4, -0.2) is 57.0 Å². The lowest BCUT2D eigenvalue weighted by molar-refractivity contribution is -0.207. The van der Waals surface area contributed by atoms with Gasteiger partial charge in [0.25, 0.3) is 11.7 Å². The molecule has 11 heteroatoms. The molecule has 1 aliphatic carbocycles. The molecule has 214 valence electrons. The van der Waals surface area contributed by atoms with Crippen LogP contribution in [0.1, 0.15) is 49.4 Å². The van der Waals surface area contributed by atoms with E-state index in [1.165, 1.54) is 30.3 Å². The molecule has 41 heavy (non-hydrogen) atoms. The Labute approximate surface area is 243 Å². The van der Waals surface area contributed by atoms with Crippen LogP contribution in [0.4, 0.5) is 0 Å². The lowest BCUT2D eigenvalue weighted by atomic mass is 9.63. The maximum atomic E-state index is 13.5. The monoisotopic (exact) mass is 625 g/mol. The van der Waals surface area contributed by atoms with Gasteiger partial charge in [0.05, 0.1) is 17.2 Å². The molecular formula is C30H28BrNO9. The van der Waals surface area contributed by atoms with Gasteiger partial charge in [-0.2, -0.15) is 0 Å². The number of carboxylic acids is 2. The average molecular weight is 626 g/mol. The van der Waals surface area contributed by atoms with E-state index in [9.17, 15) is 34.5 Å². The Balaban J connectivity index is 1.97. The first-order valence-corrected chi connectivity index (χ1v) is 13.4. The first-order chi connectivity index (χ1) is 19.3. The van der Waals surface area contributed by atoms with Crippen LogP contribution < -0.4 is 5.73 Å². The van der Waals surface area contributed by atoms with Gasteiger partial charge in [-0.3, -0.25) is 0 Å². The number of aliphatic hydroxyl groups excluding tert-OH is 1. The molecule has 10 nitrogen and oxygen atoms in total. The summed E-state index contributed by atoms with van der Waals surface area (Å²) in [4.78, 5) is 52.9. The second-order valence-corrected chi connectivity index (χ2v) is 10.9. The van der Waals surface area contributed by atoms with E-state index < -0.39 is 47.2 Å². The normalized spacial score (nSPS) is 20.2. The Morgan fingerprint density at radius 2 is 1.46 bits per heavy atom. The second kappa shape index (κ2) is 11.4. The van der Waals surface area contributed by atoms with Crippen molar-refractivity contribution in [3.05, 3.63) is 105 Å². The number of esters is 2. The third-order valence-corrected chi connectivity index (χ3v) is 7.80. The van der Waals surface area contributed by atoms with Gasteiger partial charge in [-0.15, -0.1) is 0 Å². The van der Waals surface area contributed by atoms with E-state index in [0.717, 1.165) is 11.1 Å². The van der Waals surface area contributed by atoms with Gasteiger partial charge in [-0.1, -0.05) is 57.4 Å². The molecule has 0 fully saturated rings. The number of hydrogen-bond donors (Lipinski definition) is 4. The van der Waals surface area contributed by atoms with Crippen molar-refractivity contribution in [2.24, 2.45) is 5.73 Å². The maximum absolute atomic E-state index is 13.5. The fraction of sp³-hybridized carbons (Fsp3) is 0.267. The van der Waals surface area contributed by atoms with Crippen LogP contribution in [0.25, 0.3) is 0 Å². The smallest absolute Gasteiger partial charge is 0.355 e. The quantitative estimate of drug-likeness (QED) is 0.271. The average Bonchev–Trinajstić information content (AvgIpc) is 2.93. The molecular weight excluding hydrogens is 598 g/mol. The van der Waals surface area contributed by atoms with Crippen molar-refractivity contribution >= 4 is 39.8 Å². The van der Waals surface area contributed by atoms with E-state index in [0.29, 0.717) is 10.0 Å². The lowest BCUT2D eigenvalue weighted by Gasteiger charge is -2.51. The summed E-state index contributed by atoms with van der Waals surface area (Å²) in [6.07, 6.45) is -4.25. The van der Waals surface area contributed by atoms with Gasteiger partial charge < -0.3 is 30.5 Å². The summed E-state index contributed by atoms with van der Waals surface area (Å²) in [6, 6.07) is 16.5. The van der Waals surface area contributed by atoms with Gasteiger partial charge in [0.2, 0.25) is 0 Å². The van der Waals surface area contributed by atoms with Crippen LogP contribution >= 0.6 is 15.9 Å². The summed E-state index contributed by atoms with van der Waals surface area (Å²) in [5.74, 6) is -6.43. The predicted molar refractivity (Wildman–Crippen MR) is 149 cm³/mol. The zero-order valence-corrected chi connectivity index (χ0v) is 23.8. The predicted octanol–water partition coefficient (Wildman–Crippen LogP) is 3.52. The molecule has 3 aromatic carbocycles. The summed E-state index contributed by atoms with van der Waals surface area (Å²) in [6.45, 7) is 3.54. The number of benzene rings is 3. The fourth-order valence-electron chi connectivity index (χ4n) is 5.05. The van der Waals surface area contributed by atoms with Crippen molar-refractivity contribution in [2.45, 2.75) is 50.0 Å². The minimum Gasteiger partial charge on any atom is -0.478 e. The van der Waals surface area contributed by atoms with Gasteiger partial charge in [0, 0.05) is 4.47 Å². The number of fused-ring (bicyclic) bond motifs is 1. The number of carboxylic acid groups (broad SMARTS) is 2. The van der Waals surface area contributed by atoms with E-state index >= 15 is 0 Å². The number of halogens is 1. The van der Waals surface area contributed by atoms with E-state index in [4.69, 9.17) is 15.2 Å². The molecule has 0 amide bonds. The van der Waals surface area contributed by atoms with Crippen molar-refractivity contribution in [3.63, 3.8) is 0 Å². The Morgan fingerprint density at radius 1 is 0.927 bits per heavy atom. The van der Waals surface area contributed by atoms with Crippen LogP contribution in [0.3, 0.4) is 0 Å². The Morgan fingerprint density at radius 3 is 1.98 bits per heavy atom. The van der Waals surface area contributed by atoms with Gasteiger partial charge in [0.15, 0.2) is 0 Å². The summed E-state index contributed by atoms with van der Waals surface area (Å²) < 4.78 is 11.4. The van der Waals surface area contributed by atoms with Crippen molar-refractivity contribution in [1.29, 1.82) is 0 Å². The maximum Gasteiger partial charge on any atom is 0.355 e. The first kappa shape index (κ1) is 29.9. The number of aryl methyl sites for hydroxylation is 3. The molecule has 2 unspecified atom stereocenters. The highest BCUT2D eigenvalue weighted by molar-refractivity contribution is 9.10. The summed E-state index contributed by atoms with van der Waals surface area (Å²) in [5, 5.41) is 32.5. The van der Waals surface area contributed by atoms with Crippen LogP contribution in [0.5, 0.6) is 0 Å². The summed E-state index contributed by atoms with van der Waals surface area (Å²) in [7, 11) is 0. The number of carbonyl (C=O) groups excluding carboxylic acids is 2. The molecule has 0 saturated carbocycles. The third-order valence-electron chi connectivity index (χ3n) is 7.31. The van der Waals surface area contributed by atoms with Gasteiger partial charge in [-0.25, -0.2) is 19.2 Å². The van der Waals surface area contributed by atoms with Gasteiger partial charge in [0.1, 0.15) is 5.54 Å². The van der Waals surface area contributed by atoms with Crippen molar-refractivity contribution in [2.75, 3.05) is 0 Å². The molecule has 3 aromatic rings. The highest BCUT2D eigenvalue weighted by atomic mass is 79.9. The molecule has 0 heterocycles. The fourth-order valence-corrected chi connectivity index (χ4v) is 5.41. The molecule has 0 bridgehead atoms. The van der Waals surface area contributed by atoms with E-state index in [2.05, 4.69) is 15.9 Å². The zero-order chi connectivity index (χ0) is 30.1. The Hall–Kier alpha value is -4.06. The Kier molecular flexibility index (Phi) is 8.34. The van der Waals surface area contributed by atoms with E-state index in [1.54, 1.807) is 50.2 Å². The molecule has 4 rings (SSSR count). The molecule has 0 aliphatic heterocycles. The number of ether oxygens (including phenoxy) is 2. The molecule has 0 saturated heterocycles. The number of aliphatic hydroxyl groups is 1. The summed E-state index contributed by atoms with van der Waals surface area (Å²) in [5.41, 5.74) is 2.79. The van der Waals surface area contributed by atoms with Crippen LogP contribution in [-0.2, 0) is 31.0 Å². The molecule has 0 aromatic heterocycles. The first-order valence-electron chi connectivity index (χ1n) is 12.6. The number of aliphatic carboxylic acids is 2. The minimum atomic E-state index is -3.34. The third kappa shape index (κ3) is 5.35. The minimum absolute atomic E-state index is 0.0161. The molecule has 4 atom stereocenters. The summed E-state index contributed by atoms with van der Waals surface area (Å²) >= 11 is 3.31. The van der Waals surface area contributed by atoms with Crippen LogP contribution in [0.15, 0.2) is 71.2 Å². The molecule has 0 spiro atoms. The largest absolute Gasteiger partial charge is 0.478 e. The van der Waals surface area contributed by atoms with Gasteiger partial charge in [-0.05, 0) is 74.2 Å². The standard InChI is InChI=1S/C30H28BrNO9/c1-16-3-7-19(8-4-16)26(36)40-24(25(34)35)30(28(38)39,41-27(37)20-9-5-17(2)6-10-20)29(32)22-15-21(31)13-11-18(22)12-14-23(29)33/h3-11,13,15,23-24,33H,12,14,32H2,1-2H3,(H,34,35)(H,38,39)/t23?,24-,29?,30+/m1/s1. The molecule has 1 aliphatic rings. The van der Waals surface area contributed by atoms with Crippen LogP contribution in [0, 0.1) is 13.8 Å². The molecule has 0 radical (unpaired) electrons. The SMILES string of the molecule is Cc1ccc(C(=O)O[C@H](C(=O)O)[C@](OC(=O)c2ccc(C)cc2)(C(=O)O)C2(N)c3cc(Br)ccc3CCC2O)cc1. The lowest BCUT2D eigenvalue weighted by Crippen LogP contribution is -2.76. The molecule has 5 N–H and O–H groups in total.